The van der Waals surface area contributed by atoms with Gasteiger partial charge in [-0.3, -0.25) is 9.59 Å². The van der Waals surface area contributed by atoms with Crippen LogP contribution < -0.4 is 5.32 Å². The van der Waals surface area contributed by atoms with Crippen molar-refractivity contribution in [3.05, 3.63) is 35.1 Å². The third-order valence-corrected chi connectivity index (χ3v) is 3.18. The molecular formula is C13H12F3NO3. The van der Waals surface area contributed by atoms with Gasteiger partial charge in [0.2, 0.25) is 0 Å². The highest BCUT2D eigenvalue weighted by Crippen LogP contribution is 2.34. The highest BCUT2D eigenvalue weighted by Gasteiger charge is 2.34. The van der Waals surface area contributed by atoms with Gasteiger partial charge in [0.15, 0.2) is 17.5 Å². The minimum Gasteiger partial charge on any atom is -0.481 e. The second kappa shape index (κ2) is 5.52. The summed E-state index contributed by atoms with van der Waals surface area (Å²) < 4.78 is 39.3. The van der Waals surface area contributed by atoms with Gasteiger partial charge in [0.05, 0.1) is 12.0 Å². The number of benzene rings is 1. The summed E-state index contributed by atoms with van der Waals surface area (Å²) in [7, 11) is 0. The van der Waals surface area contributed by atoms with Gasteiger partial charge < -0.3 is 10.4 Å². The van der Waals surface area contributed by atoms with Gasteiger partial charge >= 0.3 is 5.97 Å². The topological polar surface area (TPSA) is 66.4 Å². The number of carbonyl (C=O) groups is 2. The van der Waals surface area contributed by atoms with Crippen LogP contribution in [0.2, 0.25) is 0 Å². The molecular weight excluding hydrogens is 275 g/mol. The minimum absolute atomic E-state index is 0.0309. The normalized spacial score (nSPS) is 15.8. The quantitative estimate of drug-likeness (QED) is 0.815. The van der Waals surface area contributed by atoms with Gasteiger partial charge in [0.25, 0.3) is 5.91 Å². The van der Waals surface area contributed by atoms with Gasteiger partial charge in [0.1, 0.15) is 0 Å². The second-order valence-corrected chi connectivity index (χ2v) is 4.74. The fourth-order valence-electron chi connectivity index (χ4n) is 1.97. The summed E-state index contributed by atoms with van der Waals surface area (Å²) in [6.07, 6.45) is 1.26. The predicted molar refractivity (Wildman–Crippen MR) is 62.5 cm³/mol. The lowest BCUT2D eigenvalue weighted by Crippen LogP contribution is -2.38. The van der Waals surface area contributed by atoms with Crippen molar-refractivity contribution in [2.75, 3.05) is 0 Å². The fraction of sp³-hybridized carbons (Fsp3) is 0.385. The van der Waals surface area contributed by atoms with E-state index >= 15 is 0 Å². The number of aliphatic carboxylic acids is 1. The van der Waals surface area contributed by atoms with Crippen LogP contribution in [-0.4, -0.2) is 23.0 Å². The summed E-state index contributed by atoms with van der Waals surface area (Å²) in [6.45, 7) is 0. The van der Waals surface area contributed by atoms with Gasteiger partial charge in [0, 0.05) is 6.04 Å². The van der Waals surface area contributed by atoms with E-state index in [2.05, 4.69) is 5.32 Å². The van der Waals surface area contributed by atoms with Crippen LogP contribution in [0.15, 0.2) is 12.1 Å². The molecule has 1 atom stereocenters. The molecule has 0 heterocycles. The SMILES string of the molecule is O=C(O)CC(NC(=O)c1ccc(F)c(F)c1F)C1CC1. The Labute approximate surface area is 112 Å². The van der Waals surface area contributed by atoms with Crippen LogP contribution in [0, 0.1) is 23.4 Å². The fourth-order valence-corrected chi connectivity index (χ4v) is 1.97. The van der Waals surface area contributed by atoms with Gasteiger partial charge in [-0.2, -0.15) is 0 Å². The maximum Gasteiger partial charge on any atom is 0.305 e. The molecule has 1 saturated carbocycles. The van der Waals surface area contributed by atoms with E-state index < -0.39 is 40.9 Å². The lowest BCUT2D eigenvalue weighted by atomic mass is 10.1. The lowest BCUT2D eigenvalue weighted by Gasteiger charge is -2.16. The molecule has 1 unspecified atom stereocenters. The number of rotatable bonds is 5. The molecule has 1 amide bonds. The zero-order chi connectivity index (χ0) is 14.9. The highest BCUT2D eigenvalue weighted by atomic mass is 19.2. The van der Waals surface area contributed by atoms with Crippen molar-refractivity contribution in [2.24, 2.45) is 5.92 Å². The molecule has 1 aliphatic carbocycles. The van der Waals surface area contributed by atoms with E-state index in [4.69, 9.17) is 5.11 Å². The number of carboxylic acids is 1. The van der Waals surface area contributed by atoms with E-state index in [1.807, 2.05) is 0 Å². The molecule has 2 N–H and O–H groups in total. The Morgan fingerprint density at radius 2 is 1.90 bits per heavy atom. The van der Waals surface area contributed by atoms with Crippen molar-refractivity contribution in [1.82, 2.24) is 5.32 Å². The predicted octanol–water partition coefficient (Wildman–Crippen LogP) is 2.09. The first-order valence-corrected chi connectivity index (χ1v) is 6.06. The number of amides is 1. The Hall–Kier alpha value is -2.05. The van der Waals surface area contributed by atoms with Crippen molar-refractivity contribution in [2.45, 2.75) is 25.3 Å². The van der Waals surface area contributed by atoms with Crippen LogP contribution in [0.5, 0.6) is 0 Å². The van der Waals surface area contributed by atoms with Crippen LogP contribution in [0.1, 0.15) is 29.6 Å². The van der Waals surface area contributed by atoms with Gasteiger partial charge in [-0.15, -0.1) is 0 Å². The number of hydrogen-bond donors (Lipinski definition) is 2. The molecule has 7 heteroatoms. The van der Waals surface area contributed by atoms with Crippen molar-refractivity contribution >= 4 is 11.9 Å². The number of hydrogen-bond acceptors (Lipinski definition) is 2. The molecule has 0 spiro atoms. The smallest absolute Gasteiger partial charge is 0.305 e. The first-order valence-electron chi connectivity index (χ1n) is 6.06. The molecule has 0 aromatic heterocycles. The molecule has 1 aromatic rings. The van der Waals surface area contributed by atoms with Crippen LogP contribution >= 0.6 is 0 Å². The summed E-state index contributed by atoms with van der Waals surface area (Å²) in [6, 6.07) is 0.845. The molecule has 0 bridgehead atoms. The van der Waals surface area contributed by atoms with E-state index in [0.717, 1.165) is 18.9 Å². The van der Waals surface area contributed by atoms with Gasteiger partial charge in [-0.1, -0.05) is 0 Å². The highest BCUT2D eigenvalue weighted by molar-refractivity contribution is 5.95. The first-order chi connectivity index (χ1) is 9.40. The Balaban J connectivity index is 2.14. The zero-order valence-corrected chi connectivity index (χ0v) is 10.3. The maximum absolute atomic E-state index is 13.5. The number of carbonyl (C=O) groups excluding carboxylic acids is 1. The number of carboxylic acid groups (broad SMARTS) is 1. The monoisotopic (exact) mass is 287 g/mol. The molecule has 0 aliphatic heterocycles. The maximum atomic E-state index is 13.5. The average molecular weight is 287 g/mol. The largest absolute Gasteiger partial charge is 0.481 e. The molecule has 0 saturated heterocycles. The third-order valence-electron chi connectivity index (χ3n) is 3.18. The molecule has 4 nitrogen and oxygen atoms in total. The van der Waals surface area contributed by atoms with Gasteiger partial charge in [-0.05, 0) is 30.9 Å². The molecule has 1 fully saturated rings. The van der Waals surface area contributed by atoms with Gasteiger partial charge in [-0.25, -0.2) is 13.2 Å². The van der Waals surface area contributed by atoms with E-state index in [9.17, 15) is 22.8 Å². The Morgan fingerprint density at radius 1 is 1.25 bits per heavy atom. The van der Waals surface area contributed by atoms with Crippen LogP contribution in [-0.2, 0) is 4.79 Å². The summed E-state index contributed by atoms with van der Waals surface area (Å²) in [4.78, 5) is 22.5. The van der Waals surface area contributed by atoms with E-state index in [-0.39, 0.29) is 12.3 Å². The van der Waals surface area contributed by atoms with E-state index in [1.54, 1.807) is 0 Å². The summed E-state index contributed by atoms with van der Waals surface area (Å²) >= 11 is 0. The Morgan fingerprint density at radius 3 is 2.45 bits per heavy atom. The number of nitrogens with one attached hydrogen (secondary N) is 1. The summed E-state index contributed by atoms with van der Waals surface area (Å²) in [5.41, 5.74) is -0.639. The second-order valence-electron chi connectivity index (χ2n) is 4.74. The van der Waals surface area contributed by atoms with Crippen LogP contribution in [0.4, 0.5) is 13.2 Å². The molecule has 1 aromatic carbocycles. The molecule has 20 heavy (non-hydrogen) atoms. The van der Waals surface area contributed by atoms with Crippen LogP contribution in [0.25, 0.3) is 0 Å². The number of halogens is 3. The van der Waals surface area contributed by atoms with E-state index in [1.165, 1.54) is 0 Å². The summed E-state index contributed by atoms with van der Waals surface area (Å²) in [5, 5.41) is 11.1. The molecule has 108 valence electrons. The standard InChI is InChI=1S/C13H12F3NO3/c14-8-4-3-7(11(15)12(8)16)13(20)17-9(5-10(18)19)6-1-2-6/h3-4,6,9H,1-2,5H2,(H,17,20)(H,18,19). The minimum atomic E-state index is -1.72. The third kappa shape index (κ3) is 3.09. The lowest BCUT2D eigenvalue weighted by molar-refractivity contribution is -0.137. The Bertz CT molecular complexity index is 558. The van der Waals surface area contributed by atoms with Crippen molar-refractivity contribution in [1.29, 1.82) is 0 Å². The van der Waals surface area contributed by atoms with Crippen molar-refractivity contribution in [3.63, 3.8) is 0 Å². The Kier molecular flexibility index (Phi) is 3.96. The molecule has 0 radical (unpaired) electrons. The van der Waals surface area contributed by atoms with Crippen molar-refractivity contribution in [3.8, 4) is 0 Å². The summed E-state index contributed by atoms with van der Waals surface area (Å²) in [5.74, 6) is -6.69. The molecule has 2 rings (SSSR count). The zero-order valence-electron chi connectivity index (χ0n) is 10.3. The average Bonchev–Trinajstić information content (AvgIpc) is 3.18. The molecule has 1 aliphatic rings. The van der Waals surface area contributed by atoms with Crippen LogP contribution in [0.3, 0.4) is 0 Å². The van der Waals surface area contributed by atoms with Crippen molar-refractivity contribution < 1.29 is 27.9 Å². The first kappa shape index (κ1) is 14.4. The van der Waals surface area contributed by atoms with E-state index in [0.29, 0.717) is 6.07 Å².